The molecule has 0 radical (unpaired) electrons. The first-order chi connectivity index (χ1) is 23.3. The number of benzene rings is 3. The second-order valence-corrected chi connectivity index (χ2v) is 15.9. The zero-order valence-electron chi connectivity index (χ0n) is 29.9. The van der Waals surface area contributed by atoms with E-state index in [1.165, 1.54) is 25.9 Å². The Labute approximate surface area is 302 Å². The van der Waals surface area contributed by atoms with E-state index >= 15 is 4.79 Å². The molecule has 0 bridgehead atoms. The van der Waals surface area contributed by atoms with Crippen molar-refractivity contribution >= 4 is 35.1 Å². The van der Waals surface area contributed by atoms with Gasteiger partial charge in [-0.15, -0.1) is 0 Å². The van der Waals surface area contributed by atoms with Gasteiger partial charge < -0.3 is 14.5 Å². The van der Waals surface area contributed by atoms with Crippen molar-refractivity contribution in [2.24, 2.45) is 4.99 Å². The monoisotopic (exact) mass is 703 g/mol. The first-order valence-electron chi connectivity index (χ1n) is 17.8. The van der Waals surface area contributed by atoms with Crippen molar-refractivity contribution in [2.45, 2.75) is 70.9 Å². The van der Waals surface area contributed by atoms with E-state index in [0.717, 1.165) is 54.2 Å². The molecule has 0 aromatic heterocycles. The molecular weight excluding hydrogens is 653 g/mol. The van der Waals surface area contributed by atoms with Crippen LogP contribution < -0.4 is 4.74 Å². The fourth-order valence-corrected chi connectivity index (χ4v) is 7.86. The molecule has 3 heterocycles. The maximum Gasteiger partial charge on any atom is 0.326 e. The number of amides is 2. The molecule has 0 spiro atoms. The van der Waals surface area contributed by atoms with Crippen LogP contribution in [0, 0.1) is 0 Å². The average molecular weight is 705 g/mol. The van der Waals surface area contributed by atoms with Crippen LogP contribution in [0.5, 0.6) is 5.75 Å². The predicted octanol–water partition coefficient (Wildman–Crippen LogP) is 8.42. The Morgan fingerprint density at radius 1 is 0.796 bits per heavy atom. The minimum Gasteiger partial charge on any atom is -0.493 e. The largest absolute Gasteiger partial charge is 0.493 e. The minimum absolute atomic E-state index is 0.0598. The number of carbonyl (C=O) groups excluding carboxylic acids is 1. The van der Waals surface area contributed by atoms with Gasteiger partial charge in [-0.25, -0.2) is 4.79 Å². The first-order valence-corrected chi connectivity index (χ1v) is 18.5. The van der Waals surface area contributed by atoms with Gasteiger partial charge in [0.25, 0.3) is 0 Å². The van der Waals surface area contributed by atoms with Crippen LogP contribution in [0.4, 0.5) is 4.79 Å². The molecule has 0 N–H and O–H groups in total. The van der Waals surface area contributed by atoms with Crippen molar-refractivity contribution in [3.63, 3.8) is 0 Å². The molecule has 6 rings (SSSR count). The van der Waals surface area contributed by atoms with E-state index in [4.69, 9.17) is 32.9 Å². The van der Waals surface area contributed by atoms with Gasteiger partial charge in [-0.2, -0.15) is 0 Å². The third-order valence-electron chi connectivity index (χ3n) is 10.9. The molecule has 0 saturated carbocycles. The summed E-state index contributed by atoms with van der Waals surface area (Å²) in [5.74, 6) is 1.32. The molecule has 0 aliphatic carbocycles. The summed E-state index contributed by atoms with van der Waals surface area (Å²) in [5, 5.41) is 1.29. The Kier molecular flexibility index (Phi) is 10.4. The second kappa shape index (κ2) is 14.3. The number of urea groups is 1. The third kappa shape index (κ3) is 6.97. The molecule has 2 amide bonds. The van der Waals surface area contributed by atoms with Crippen molar-refractivity contribution in [1.82, 2.24) is 19.6 Å². The summed E-state index contributed by atoms with van der Waals surface area (Å²) in [7, 11) is 0. The van der Waals surface area contributed by atoms with Gasteiger partial charge in [0.15, 0.2) is 0 Å². The Bertz CT molecular complexity index is 1660. The minimum atomic E-state index is -0.934. The highest BCUT2D eigenvalue weighted by molar-refractivity contribution is 6.30. The average Bonchev–Trinajstić information content (AvgIpc) is 3.69. The van der Waals surface area contributed by atoms with Gasteiger partial charge in [-0.05, 0) is 105 Å². The van der Waals surface area contributed by atoms with E-state index < -0.39 is 11.1 Å². The summed E-state index contributed by atoms with van der Waals surface area (Å²) < 4.78 is 6.34. The van der Waals surface area contributed by atoms with Crippen LogP contribution in [0.15, 0.2) is 71.7 Å². The fourth-order valence-electron chi connectivity index (χ4n) is 7.61. The Morgan fingerprint density at radius 2 is 1.35 bits per heavy atom. The zero-order valence-corrected chi connectivity index (χ0v) is 31.4. The SMILES string of the molecule is CCOc1cc(C(C)(C)C)ccc1C1=N[C@@](C)(c2ccc(Cl)cc2)[C@@](C)(c2ccc(Cl)cc2)N1C(=O)N1CCN(CCN2CCCC2)CC1. The highest BCUT2D eigenvalue weighted by Crippen LogP contribution is 2.54. The van der Waals surface area contributed by atoms with Crippen molar-refractivity contribution in [3.05, 3.63) is 99.0 Å². The van der Waals surface area contributed by atoms with Crippen molar-refractivity contribution in [3.8, 4) is 5.75 Å². The van der Waals surface area contributed by atoms with E-state index in [0.29, 0.717) is 35.6 Å². The molecule has 3 aliphatic heterocycles. The fraction of sp³-hybridized carbons (Fsp3) is 0.500. The number of rotatable bonds is 8. The zero-order chi connectivity index (χ0) is 35.0. The normalized spacial score (nSPS) is 23.6. The van der Waals surface area contributed by atoms with Gasteiger partial charge in [0.1, 0.15) is 22.7 Å². The Morgan fingerprint density at radius 3 is 1.90 bits per heavy atom. The number of halogens is 2. The first kappa shape index (κ1) is 35.7. The Balaban J connectivity index is 1.46. The van der Waals surface area contributed by atoms with Crippen LogP contribution in [0.1, 0.15) is 76.6 Å². The highest BCUT2D eigenvalue weighted by atomic mass is 35.5. The predicted molar refractivity (Wildman–Crippen MR) is 201 cm³/mol. The van der Waals surface area contributed by atoms with Crippen LogP contribution in [-0.2, 0) is 16.5 Å². The van der Waals surface area contributed by atoms with Gasteiger partial charge in [0.2, 0.25) is 0 Å². The van der Waals surface area contributed by atoms with Gasteiger partial charge in [-0.3, -0.25) is 14.8 Å². The van der Waals surface area contributed by atoms with Crippen LogP contribution in [-0.4, -0.2) is 90.4 Å². The van der Waals surface area contributed by atoms with Crippen LogP contribution in [0.3, 0.4) is 0 Å². The molecule has 2 fully saturated rings. The number of carbonyl (C=O) groups is 1. The quantitative estimate of drug-likeness (QED) is 0.236. The Hall–Kier alpha value is -3.10. The lowest BCUT2D eigenvalue weighted by molar-refractivity contribution is 0.0845. The summed E-state index contributed by atoms with van der Waals surface area (Å²) in [6.07, 6.45) is 2.60. The molecule has 2 saturated heterocycles. The lowest BCUT2D eigenvalue weighted by atomic mass is 9.71. The van der Waals surface area contributed by atoms with Crippen molar-refractivity contribution in [1.29, 1.82) is 0 Å². The number of amidine groups is 1. The number of hydrogen-bond acceptors (Lipinski definition) is 5. The van der Waals surface area contributed by atoms with Crippen molar-refractivity contribution in [2.75, 3.05) is 59.0 Å². The molecule has 262 valence electrons. The summed E-state index contributed by atoms with van der Waals surface area (Å²) in [6, 6.07) is 22.0. The third-order valence-corrected chi connectivity index (χ3v) is 11.4. The molecule has 7 nitrogen and oxygen atoms in total. The molecule has 2 atom stereocenters. The number of piperazine rings is 1. The summed E-state index contributed by atoms with van der Waals surface area (Å²) in [5.41, 5.74) is 1.94. The van der Waals surface area contributed by atoms with Crippen LogP contribution in [0.25, 0.3) is 0 Å². The van der Waals surface area contributed by atoms with Gasteiger partial charge in [-0.1, -0.05) is 74.3 Å². The number of ether oxygens (including phenoxy) is 1. The molecule has 3 aliphatic rings. The van der Waals surface area contributed by atoms with Crippen LogP contribution in [0.2, 0.25) is 10.0 Å². The molecule has 3 aromatic rings. The lowest BCUT2D eigenvalue weighted by Crippen LogP contribution is -2.61. The highest BCUT2D eigenvalue weighted by Gasteiger charge is 2.60. The number of likely N-dealkylation sites (tertiary alicyclic amines) is 1. The molecule has 3 aromatic carbocycles. The van der Waals surface area contributed by atoms with E-state index in [2.05, 4.69) is 62.6 Å². The molecule has 49 heavy (non-hydrogen) atoms. The molecule has 9 heteroatoms. The van der Waals surface area contributed by atoms with Gasteiger partial charge >= 0.3 is 6.03 Å². The standard InChI is InChI=1S/C40H51Cl2N5O2/c1-7-49-35-28-31(38(2,3)4)14-19-34(35)36-43-39(5,29-10-15-32(41)16-11-29)40(6,30-12-17-33(42)18-13-30)47(36)37(48)46-26-24-45(25-27-46)23-22-44-20-8-9-21-44/h10-19,28H,7-9,20-27H2,1-6H3/t39-,40+/m0/s1. The van der Waals surface area contributed by atoms with Gasteiger partial charge in [0, 0.05) is 49.3 Å². The van der Waals surface area contributed by atoms with Crippen LogP contribution >= 0.6 is 23.2 Å². The summed E-state index contributed by atoms with van der Waals surface area (Å²) >= 11 is 12.9. The van der Waals surface area contributed by atoms with Crippen molar-refractivity contribution < 1.29 is 9.53 Å². The van der Waals surface area contributed by atoms with E-state index in [1.54, 1.807) is 0 Å². The summed E-state index contributed by atoms with van der Waals surface area (Å²) in [4.78, 5) is 29.8. The maximum absolute atomic E-state index is 15.2. The molecular formula is C40H51Cl2N5O2. The van der Waals surface area contributed by atoms with E-state index in [1.807, 2.05) is 65.3 Å². The van der Waals surface area contributed by atoms with E-state index in [9.17, 15) is 0 Å². The van der Waals surface area contributed by atoms with Gasteiger partial charge in [0.05, 0.1) is 12.2 Å². The maximum atomic E-state index is 15.2. The lowest BCUT2D eigenvalue weighted by Gasteiger charge is -2.47. The number of nitrogens with zero attached hydrogens (tertiary/aromatic N) is 5. The molecule has 0 unspecified atom stereocenters. The summed E-state index contributed by atoms with van der Waals surface area (Å²) in [6.45, 7) is 20.8. The number of hydrogen-bond donors (Lipinski definition) is 0. The number of aliphatic imine (C=N–C) groups is 1. The topological polar surface area (TPSA) is 51.6 Å². The second-order valence-electron chi connectivity index (χ2n) is 15.0. The smallest absolute Gasteiger partial charge is 0.326 e. The van der Waals surface area contributed by atoms with E-state index in [-0.39, 0.29) is 11.4 Å².